The molecule has 0 amide bonds. The average molecular weight is 265 g/mol. The number of carbonyl (C=O) groups is 1. The van der Waals surface area contributed by atoms with Gasteiger partial charge in [0.1, 0.15) is 5.75 Å². The molecule has 1 aromatic carbocycles. The van der Waals surface area contributed by atoms with E-state index in [0.29, 0.717) is 0 Å². The van der Waals surface area contributed by atoms with Gasteiger partial charge in [0.25, 0.3) is 0 Å². The first-order chi connectivity index (χ1) is 8.99. The second kappa shape index (κ2) is 7.14. The lowest BCUT2D eigenvalue weighted by Gasteiger charge is -2.24. The van der Waals surface area contributed by atoms with Crippen LogP contribution in [0.15, 0.2) is 24.3 Å². The molecule has 0 spiro atoms. The van der Waals surface area contributed by atoms with Gasteiger partial charge in [0.2, 0.25) is 0 Å². The molecule has 0 radical (unpaired) electrons. The molecule has 4 nitrogen and oxygen atoms in total. The van der Waals surface area contributed by atoms with E-state index in [1.165, 1.54) is 7.11 Å². The second-order valence-electron chi connectivity index (χ2n) is 4.77. The van der Waals surface area contributed by atoms with E-state index >= 15 is 0 Å². The van der Waals surface area contributed by atoms with Crippen LogP contribution in [0.2, 0.25) is 0 Å². The number of nitrogens with one attached hydrogen (secondary N) is 1. The Kier molecular flexibility index (Phi) is 5.83. The molecule has 1 aromatic rings. The van der Waals surface area contributed by atoms with E-state index in [4.69, 9.17) is 9.47 Å². The molecule has 0 saturated carbocycles. The zero-order valence-electron chi connectivity index (χ0n) is 12.3. The maximum Gasteiger partial charge on any atom is 0.309 e. The Morgan fingerprint density at radius 3 is 2.47 bits per heavy atom. The molecule has 1 rings (SSSR count). The first-order valence-electron chi connectivity index (χ1n) is 6.47. The van der Waals surface area contributed by atoms with Crippen LogP contribution in [0.25, 0.3) is 0 Å². The van der Waals surface area contributed by atoms with E-state index in [-0.39, 0.29) is 24.0 Å². The predicted molar refractivity (Wildman–Crippen MR) is 75.2 cm³/mol. The van der Waals surface area contributed by atoms with Crippen LogP contribution in [-0.4, -0.2) is 26.2 Å². The van der Waals surface area contributed by atoms with Crippen LogP contribution < -0.4 is 10.1 Å². The molecular weight excluding hydrogens is 242 g/mol. The molecule has 2 unspecified atom stereocenters. The molecule has 4 heteroatoms. The van der Waals surface area contributed by atoms with Gasteiger partial charge in [-0.3, -0.25) is 4.79 Å². The van der Waals surface area contributed by atoms with Crippen molar-refractivity contribution in [2.45, 2.75) is 32.9 Å². The minimum Gasteiger partial charge on any atom is -0.497 e. The number of hydrogen-bond donors (Lipinski definition) is 1. The van der Waals surface area contributed by atoms with Crippen molar-refractivity contribution in [3.63, 3.8) is 0 Å². The normalized spacial score (nSPS) is 15.4. The Morgan fingerprint density at radius 2 is 1.89 bits per heavy atom. The molecule has 0 aromatic heterocycles. The van der Waals surface area contributed by atoms with Crippen LogP contribution >= 0.6 is 0 Å². The van der Waals surface area contributed by atoms with Gasteiger partial charge in [-0.15, -0.1) is 0 Å². The minimum absolute atomic E-state index is 0.0358. The zero-order chi connectivity index (χ0) is 14.4. The lowest BCUT2D eigenvalue weighted by Crippen LogP contribution is -2.38. The molecule has 106 valence electrons. The number of ether oxygens (including phenoxy) is 2. The Hall–Kier alpha value is -1.55. The molecule has 0 aliphatic heterocycles. The van der Waals surface area contributed by atoms with E-state index in [1.807, 2.05) is 38.1 Å². The van der Waals surface area contributed by atoms with Crippen molar-refractivity contribution in [3.05, 3.63) is 29.8 Å². The van der Waals surface area contributed by atoms with Crippen molar-refractivity contribution in [2.24, 2.45) is 5.92 Å². The molecule has 19 heavy (non-hydrogen) atoms. The van der Waals surface area contributed by atoms with Crippen LogP contribution in [0.3, 0.4) is 0 Å². The molecule has 0 saturated heterocycles. The van der Waals surface area contributed by atoms with Crippen LogP contribution in [0.4, 0.5) is 0 Å². The van der Waals surface area contributed by atoms with E-state index in [9.17, 15) is 4.79 Å². The molecule has 0 aliphatic rings. The summed E-state index contributed by atoms with van der Waals surface area (Å²) in [5.41, 5.74) is 1.13. The highest BCUT2D eigenvalue weighted by Crippen LogP contribution is 2.20. The summed E-state index contributed by atoms with van der Waals surface area (Å²) in [5, 5.41) is 3.41. The molecule has 0 bridgehead atoms. The number of methoxy groups -OCH3 is 2. The van der Waals surface area contributed by atoms with Gasteiger partial charge in [0.15, 0.2) is 0 Å². The fraction of sp³-hybridized carbons (Fsp3) is 0.533. The standard InChI is InChI=1S/C15H23NO3/c1-10(15(17)19-5)11(2)16-12(3)13-7-6-8-14(9-13)18-4/h6-12,16H,1-5H3/t10?,11?,12-/m1/s1. The molecule has 0 fully saturated rings. The van der Waals surface area contributed by atoms with Gasteiger partial charge >= 0.3 is 5.97 Å². The monoisotopic (exact) mass is 265 g/mol. The summed E-state index contributed by atoms with van der Waals surface area (Å²) in [6.07, 6.45) is 0. The Labute approximate surface area is 115 Å². The van der Waals surface area contributed by atoms with Gasteiger partial charge in [0.05, 0.1) is 20.1 Å². The van der Waals surface area contributed by atoms with Crippen molar-refractivity contribution in [3.8, 4) is 5.75 Å². The average Bonchev–Trinajstić information content (AvgIpc) is 2.45. The molecule has 1 N–H and O–H groups in total. The number of rotatable bonds is 6. The van der Waals surface area contributed by atoms with Crippen molar-refractivity contribution >= 4 is 5.97 Å². The highest BCUT2D eigenvalue weighted by molar-refractivity contribution is 5.72. The number of benzene rings is 1. The Morgan fingerprint density at radius 1 is 1.21 bits per heavy atom. The van der Waals surface area contributed by atoms with Crippen molar-refractivity contribution in [2.75, 3.05) is 14.2 Å². The smallest absolute Gasteiger partial charge is 0.309 e. The van der Waals surface area contributed by atoms with Crippen LogP contribution in [-0.2, 0) is 9.53 Å². The lowest BCUT2D eigenvalue weighted by molar-refractivity contribution is -0.145. The lowest BCUT2D eigenvalue weighted by atomic mass is 10.0. The van der Waals surface area contributed by atoms with Gasteiger partial charge in [-0.1, -0.05) is 19.1 Å². The van der Waals surface area contributed by atoms with Gasteiger partial charge in [-0.05, 0) is 31.5 Å². The first kappa shape index (κ1) is 15.5. The van der Waals surface area contributed by atoms with Crippen LogP contribution in [0.1, 0.15) is 32.4 Å². The number of carbonyl (C=O) groups excluding carboxylic acids is 1. The molecule has 0 heterocycles. The number of esters is 1. The molecular formula is C15H23NO3. The topological polar surface area (TPSA) is 47.6 Å². The van der Waals surface area contributed by atoms with Crippen LogP contribution in [0.5, 0.6) is 5.75 Å². The quantitative estimate of drug-likeness (QED) is 0.803. The predicted octanol–water partition coefficient (Wildman–Crippen LogP) is 2.54. The third-order valence-electron chi connectivity index (χ3n) is 3.43. The van der Waals surface area contributed by atoms with E-state index in [2.05, 4.69) is 12.2 Å². The van der Waals surface area contributed by atoms with E-state index < -0.39 is 0 Å². The fourth-order valence-corrected chi connectivity index (χ4v) is 1.94. The maximum atomic E-state index is 11.5. The summed E-state index contributed by atoms with van der Waals surface area (Å²) in [6.45, 7) is 5.91. The van der Waals surface area contributed by atoms with E-state index in [1.54, 1.807) is 7.11 Å². The van der Waals surface area contributed by atoms with Crippen molar-refractivity contribution < 1.29 is 14.3 Å². The Bertz CT molecular complexity index is 420. The highest BCUT2D eigenvalue weighted by Gasteiger charge is 2.22. The summed E-state index contributed by atoms with van der Waals surface area (Å²) in [4.78, 5) is 11.5. The zero-order valence-corrected chi connectivity index (χ0v) is 12.3. The highest BCUT2D eigenvalue weighted by atomic mass is 16.5. The van der Waals surface area contributed by atoms with Crippen LogP contribution in [0, 0.1) is 5.92 Å². The van der Waals surface area contributed by atoms with E-state index in [0.717, 1.165) is 11.3 Å². The first-order valence-corrected chi connectivity index (χ1v) is 6.47. The maximum absolute atomic E-state index is 11.5. The van der Waals surface area contributed by atoms with Gasteiger partial charge < -0.3 is 14.8 Å². The third-order valence-corrected chi connectivity index (χ3v) is 3.43. The summed E-state index contributed by atoms with van der Waals surface area (Å²) in [7, 11) is 3.07. The number of hydrogen-bond acceptors (Lipinski definition) is 4. The van der Waals surface area contributed by atoms with Gasteiger partial charge in [0, 0.05) is 12.1 Å². The SMILES string of the molecule is COC(=O)C(C)C(C)N[C@H](C)c1cccc(OC)c1. The summed E-state index contributed by atoms with van der Waals surface area (Å²) in [6, 6.07) is 8.08. The summed E-state index contributed by atoms with van der Waals surface area (Å²) < 4.78 is 9.97. The van der Waals surface area contributed by atoms with Crippen molar-refractivity contribution in [1.82, 2.24) is 5.32 Å². The van der Waals surface area contributed by atoms with Crippen molar-refractivity contribution in [1.29, 1.82) is 0 Å². The second-order valence-corrected chi connectivity index (χ2v) is 4.77. The third kappa shape index (κ3) is 4.24. The fourth-order valence-electron chi connectivity index (χ4n) is 1.94. The van der Waals surface area contributed by atoms with Gasteiger partial charge in [-0.25, -0.2) is 0 Å². The largest absolute Gasteiger partial charge is 0.497 e. The molecule has 0 aliphatic carbocycles. The summed E-state index contributed by atoms with van der Waals surface area (Å²) >= 11 is 0. The molecule has 3 atom stereocenters. The van der Waals surface area contributed by atoms with Gasteiger partial charge in [-0.2, -0.15) is 0 Å². The summed E-state index contributed by atoms with van der Waals surface area (Å²) in [5.74, 6) is 0.454. The Balaban J connectivity index is 2.67. The minimum atomic E-state index is -0.196.